The molecule has 4 aromatic rings. The molecule has 2 aromatic heterocycles. The van der Waals surface area contributed by atoms with Crippen molar-refractivity contribution in [3.05, 3.63) is 87.8 Å². The first-order valence-electron chi connectivity index (χ1n) is 9.40. The summed E-state index contributed by atoms with van der Waals surface area (Å²) in [6.45, 7) is 0. The molecule has 31 heavy (non-hydrogen) atoms. The quantitative estimate of drug-likeness (QED) is 0.359. The van der Waals surface area contributed by atoms with Gasteiger partial charge in [0.1, 0.15) is 11.1 Å². The lowest BCUT2D eigenvalue weighted by molar-refractivity contribution is -0.105. The first kappa shape index (κ1) is 19.8. The highest BCUT2D eigenvalue weighted by atomic mass is 16.3. The van der Waals surface area contributed by atoms with E-state index in [9.17, 15) is 19.5 Å². The van der Waals surface area contributed by atoms with Crippen molar-refractivity contribution in [3.8, 4) is 16.9 Å². The van der Waals surface area contributed by atoms with E-state index in [2.05, 4.69) is 15.3 Å². The number of carbonyl (C=O) groups excluding carboxylic acids is 2. The topological polar surface area (TPSA) is 138 Å². The van der Waals surface area contributed by atoms with Gasteiger partial charge in [0.05, 0.1) is 5.52 Å². The van der Waals surface area contributed by atoms with Crippen molar-refractivity contribution in [3.63, 3.8) is 0 Å². The number of benzene rings is 2. The van der Waals surface area contributed by atoms with Gasteiger partial charge in [0.2, 0.25) is 6.41 Å². The third-order valence-electron chi connectivity index (χ3n) is 4.89. The van der Waals surface area contributed by atoms with Crippen LogP contribution in [-0.4, -0.2) is 27.4 Å². The van der Waals surface area contributed by atoms with E-state index in [0.717, 1.165) is 16.7 Å². The van der Waals surface area contributed by atoms with Crippen LogP contribution in [0, 0.1) is 0 Å². The number of carbonyl (C=O) groups is 2. The predicted molar refractivity (Wildman–Crippen MR) is 117 cm³/mol. The van der Waals surface area contributed by atoms with Crippen LogP contribution in [-0.2, 0) is 11.2 Å². The smallest absolute Gasteiger partial charge is 0.291 e. The third-order valence-corrected chi connectivity index (χ3v) is 4.89. The molecule has 0 atom stereocenters. The summed E-state index contributed by atoms with van der Waals surface area (Å²) in [6, 6.07) is 18.7. The Morgan fingerprint density at radius 3 is 2.58 bits per heavy atom. The van der Waals surface area contributed by atoms with E-state index < -0.39 is 17.2 Å². The second kappa shape index (κ2) is 8.11. The van der Waals surface area contributed by atoms with E-state index >= 15 is 0 Å². The van der Waals surface area contributed by atoms with Gasteiger partial charge in [-0.15, -0.1) is 0 Å². The number of rotatable bonds is 6. The summed E-state index contributed by atoms with van der Waals surface area (Å²) >= 11 is 0. The van der Waals surface area contributed by atoms with Crippen LogP contribution >= 0.6 is 0 Å². The molecule has 0 radical (unpaired) electrons. The molecule has 2 heterocycles. The molecule has 2 aromatic carbocycles. The molecular formula is C23H18N4O4. The highest BCUT2D eigenvalue weighted by Gasteiger charge is 2.18. The van der Waals surface area contributed by atoms with Crippen LogP contribution < -0.4 is 16.6 Å². The zero-order chi connectivity index (χ0) is 22.0. The Balaban J connectivity index is 1.68. The maximum absolute atomic E-state index is 11.8. The van der Waals surface area contributed by atoms with Gasteiger partial charge in [0.15, 0.2) is 5.75 Å². The van der Waals surface area contributed by atoms with E-state index in [-0.39, 0.29) is 11.1 Å². The van der Waals surface area contributed by atoms with Crippen molar-refractivity contribution in [1.82, 2.24) is 9.97 Å². The van der Waals surface area contributed by atoms with E-state index in [1.807, 2.05) is 48.5 Å². The summed E-state index contributed by atoms with van der Waals surface area (Å²) in [5.74, 6) is -1.66. The number of anilines is 1. The summed E-state index contributed by atoms with van der Waals surface area (Å²) < 4.78 is 0. The molecule has 0 unspecified atom stereocenters. The minimum Gasteiger partial charge on any atom is -0.502 e. The van der Waals surface area contributed by atoms with Crippen LogP contribution in [0.1, 0.15) is 21.6 Å². The van der Waals surface area contributed by atoms with Crippen molar-refractivity contribution in [2.24, 2.45) is 5.73 Å². The number of pyridine rings is 2. The van der Waals surface area contributed by atoms with Gasteiger partial charge in [-0.2, -0.15) is 0 Å². The fourth-order valence-electron chi connectivity index (χ4n) is 3.43. The lowest BCUT2D eigenvalue weighted by atomic mass is 10.0. The Hall–Kier alpha value is -4.46. The Labute approximate surface area is 176 Å². The molecule has 0 aliphatic carbocycles. The van der Waals surface area contributed by atoms with Crippen molar-refractivity contribution < 1.29 is 14.7 Å². The summed E-state index contributed by atoms with van der Waals surface area (Å²) in [6.07, 6.45) is 1.10. The van der Waals surface area contributed by atoms with E-state index in [0.29, 0.717) is 29.7 Å². The monoisotopic (exact) mass is 414 g/mol. The first-order chi connectivity index (χ1) is 15.0. The summed E-state index contributed by atoms with van der Waals surface area (Å²) in [5, 5.41) is 12.6. The van der Waals surface area contributed by atoms with Gasteiger partial charge in [0.25, 0.3) is 11.5 Å². The number of aromatic nitrogens is 2. The predicted octanol–water partition coefficient (Wildman–Crippen LogP) is 2.55. The second-order valence-corrected chi connectivity index (χ2v) is 6.96. The van der Waals surface area contributed by atoms with E-state index in [1.165, 1.54) is 0 Å². The maximum atomic E-state index is 11.8. The van der Waals surface area contributed by atoms with Gasteiger partial charge in [-0.1, -0.05) is 36.4 Å². The van der Waals surface area contributed by atoms with E-state index in [4.69, 9.17) is 5.73 Å². The normalized spacial score (nSPS) is 10.7. The highest BCUT2D eigenvalue weighted by Crippen LogP contribution is 2.25. The van der Waals surface area contributed by atoms with E-state index in [1.54, 1.807) is 12.1 Å². The molecule has 0 saturated heterocycles. The van der Waals surface area contributed by atoms with Crippen LogP contribution in [0.15, 0.2) is 65.5 Å². The fraction of sp³-hybridized carbons (Fsp3) is 0.0435. The highest BCUT2D eigenvalue weighted by molar-refractivity contribution is 6.06. The average Bonchev–Trinajstić information content (AvgIpc) is 2.75. The van der Waals surface area contributed by atoms with Crippen LogP contribution in [0.2, 0.25) is 0 Å². The molecule has 8 nitrogen and oxygen atoms in total. The van der Waals surface area contributed by atoms with Gasteiger partial charge in [-0.3, -0.25) is 14.4 Å². The molecular weight excluding hydrogens is 396 g/mol. The fourth-order valence-corrected chi connectivity index (χ4v) is 3.43. The largest absolute Gasteiger partial charge is 0.502 e. The molecule has 0 fully saturated rings. The molecule has 2 amide bonds. The molecule has 0 bridgehead atoms. The Morgan fingerprint density at radius 1 is 1.10 bits per heavy atom. The number of hydrogen-bond acceptors (Lipinski definition) is 5. The number of aromatic amines is 1. The Morgan fingerprint density at radius 2 is 1.87 bits per heavy atom. The minimum absolute atomic E-state index is 0.150. The molecule has 0 aliphatic rings. The number of aromatic hydroxyl groups is 1. The molecule has 0 spiro atoms. The van der Waals surface area contributed by atoms with Crippen LogP contribution in [0.25, 0.3) is 22.2 Å². The average molecular weight is 414 g/mol. The molecule has 5 N–H and O–H groups in total. The number of H-pyrrole nitrogens is 1. The Kier molecular flexibility index (Phi) is 5.19. The van der Waals surface area contributed by atoms with Crippen molar-refractivity contribution in [2.75, 3.05) is 5.32 Å². The SMILES string of the molecule is NC(=O)c1c(O)c(=O)[nH]c2ccc(Cc3cccc(-c4ccc(NC=O)cc4)c3)nc12. The van der Waals surface area contributed by atoms with Gasteiger partial charge in [0, 0.05) is 17.8 Å². The molecule has 0 saturated carbocycles. The number of nitrogens with one attached hydrogen (secondary N) is 2. The zero-order valence-corrected chi connectivity index (χ0v) is 16.3. The summed E-state index contributed by atoms with van der Waals surface area (Å²) in [4.78, 5) is 41.1. The third kappa shape index (κ3) is 3.99. The van der Waals surface area contributed by atoms with Crippen LogP contribution in [0.4, 0.5) is 5.69 Å². The molecule has 154 valence electrons. The summed E-state index contributed by atoms with van der Waals surface area (Å²) in [7, 11) is 0. The number of nitrogens with two attached hydrogens (primary N) is 1. The Bertz CT molecular complexity index is 1360. The van der Waals surface area contributed by atoms with Crippen molar-refractivity contribution in [2.45, 2.75) is 6.42 Å². The van der Waals surface area contributed by atoms with Gasteiger partial charge >= 0.3 is 0 Å². The second-order valence-electron chi connectivity index (χ2n) is 6.96. The first-order valence-corrected chi connectivity index (χ1v) is 9.40. The molecule has 8 heteroatoms. The number of nitrogens with zero attached hydrogens (tertiary/aromatic N) is 1. The number of fused-ring (bicyclic) bond motifs is 1. The zero-order valence-electron chi connectivity index (χ0n) is 16.3. The lowest BCUT2D eigenvalue weighted by Gasteiger charge is -2.09. The minimum atomic E-state index is -0.923. The lowest BCUT2D eigenvalue weighted by Crippen LogP contribution is -2.18. The van der Waals surface area contributed by atoms with Crippen LogP contribution in [0.5, 0.6) is 5.75 Å². The summed E-state index contributed by atoms with van der Waals surface area (Å²) in [5.41, 5.74) is 9.05. The van der Waals surface area contributed by atoms with Crippen molar-refractivity contribution in [1.29, 1.82) is 0 Å². The van der Waals surface area contributed by atoms with Crippen LogP contribution in [0.3, 0.4) is 0 Å². The van der Waals surface area contributed by atoms with Gasteiger partial charge in [-0.05, 0) is 41.0 Å². The number of hydrogen-bond donors (Lipinski definition) is 4. The molecule has 4 rings (SSSR count). The number of amides is 2. The van der Waals surface area contributed by atoms with Gasteiger partial charge in [-0.25, -0.2) is 4.98 Å². The van der Waals surface area contributed by atoms with Crippen molar-refractivity contribution >= 4 is 29.0 Å². The number of primary amides is 1. The molecule has 0 aliphatic heterocycles. The van der Waals surface area contributed by atoms with Gasteiger partial charge < -0.3 is 21.1 Å². The maximum Gasteiger partial charge on any atom is 0.291 e. The standard InChI is InChI=1S/C23H18N4O4/c24-22(30)19-20-18(27-23(31)21(19)29)9-8-17(26-20)11-13-2-1-3-15(10-13)14-4-6-16(7-5-14)25-12-28/h1-10,12,29H,11H2,(H2,24,30)(H,25,28)(H,27,31).